The van der Waals surface area contributed by atoms with Crippen molar-refractivity contribution >= 4 is 0 Å². The van der Waals surface area contributed by atoms with E-state index in [1.165, 1.54) is 51.7 Å². The summed E-state index contributed by atoms with van der Waals surface area (Å²) in [5.74, 6) is 0. The number of likely N-dealkylation sites (tertiary alicyclic amines) is 1. The second-order valence-electron chi connectivity index (χ2n) is 5.22. The van der Waals surface area contributed by atoms with Gasteiger partial charge < -0.3 is 10.0 Å². The molecule has 1 fully saturated rings. The van der Waals surface area contributed by atoms with Gasteiger partial charge in [0.05, 0.1) is 0 Å². The minimum absolute atomic E-state index is 0.289. The third-order valence-corrected chi connectivity index (χ3v) is 3.56. The fourth-order valence-corrected chi connectivity index (χ4v) is 2.44. The fraction of sp³-hybridized carbons (Fsp3) is 1.00. The van der Waals surface area contributed by atoms with Gasteiger partial charge in [-0.25, -0.2) is 0 Å². The Hall–Kier alpha value is -0.120. The number of unbranched alkanes of at least 4 members (excludes halogenated alkanes) is 2. The normalized spacial score (nSPS) is 19.4. The molecule has 17 heavy (non-hydrogen) atoms. The SMILES string of the molecule is CCCCCC(O)NCCCN1CCCCC1. The smallest absolute Gasteiger partial charge is 0.104 e. The minimum atomic E-state index is -0.289. The molecule has 1 unspecified atom stereocenters. The van der Waals surface area contributed by atoms with E-state index in [1.807, 2.05) is 0 Å². The van der Waals surface area contributed by atoms with Gasteiger partial charge in [-0.2, -0.15) is 0 Å². The second-order valence-corrected chi connectivity index (χ2v) is 5.22. The number of aliphatic hydroxyl groups is 1. The Morgan fingerprint density at radius 2 is 1.88 bits per heavy atom. The molecule has 0 saturated carbocycles. The third kappa shape index (κ3) is 7.74. The summed E-state index contributed by atoms with van der Waals surface area (Å²) in [6.45, 7) is 6.88. The van der Waals surface area contributed by atoms with Crippen LogP contribution in [0.1, 0.15) is 58.3 Å². The van der Waals surface area contributed by atoms with Crippen LogP contribution >= 0.6 is 0 Å². The van der Waals surface area contributed by atoms with Gasteiger partial charge in [0.15, 0.2) is 0 Å². The Morgan fingerprint density at radius 3 is 2.59 bits per heavy atom. The maximum atomic E-state index is 9.69. The Morgan fingerprint density at radius 1 is 1.12 bits per heavy atom. The van der Waals surface area contributed by atoms with Gasteiger partial charge in [-0.1, -0.05) is 26.2 Å². The minimum Gasteiger partial charge on any atom is -0.379 e. The quantitative estimate of drug-likeness (QED) is 0.481. The lowest BCUT2D eigenvalue weighted by atomic mass is 10.1. The van der Waals surface area contributed by atoms with Crippen molar-refractivity contribution in [3.05, 3.63) is 0 Å². The van der Waals surface area contributed by atoms with Crippen LogP contribution in [0, 0.1) is 0 Å². The van der Waals surface area contributed by atoms with E-state index >= 15 is 0 Å². The largest absolute Gasteiger partial charge is 0.379 e. The van der Waals surface area contributed by atoms with Crippen molar-refractivity contribution in [1.29, 1.82) is 0 Å². The molecule has 1 atom stereocenters. The zero-order valence-electron chi connectivity index (χ0n) is 11.5. The first kappa shape index (κ1) is 14.9. The first-order valence-corrected chi connectivity index (χ1v) is 7.46. The Labute approximate surface area is 107 Å². The molecule has 1 rings (SSSR count). The molecule has 3 heteroatoms. The molecule has 0 aromatic carbocycles. The summed E-state index contributed by atoms with van der Waals surface area (Å²) in [6, 6.07) is 0. The number of nitrogens with one attached hydrogen (secondary N) is 1. The highest BCUT2D eigenvalue weighted by atomic mass is 16.3. The van der Waals surface area contributed by atoms with Gasteiger partial charge in [0.2, 0.25) is 0 Å². The molecule has 1 heterocycles. The zero-order valence-corrected chi connectivity index (χ0v) is 11.5. The summed E-state index contributed by atoms with van der Waals surface area (Å²) in [6.07, 6.45) is 9.50. The van der Waals surface area contributed by atoms with E-state index in [-0.39, 0.29) is 6.23 Å². The van der Waals surface area contributed by atoms with Crippen LogP contribution in [0.4, 0.5) is 0 Å². The summed E-state index contributed by atoms with van der Waals surface area (Å²) in [4.78, 5) is 2.55. The van der Waals surface area contributed by atoms with Crippen LogP contribution in [-0.4, -0.2) is 42.4 Å². The summed E-state index contributed by atoms with van der Waals surface area (Å²) in [7, 11) is 0. The summed E-state index contributed by atoms with van der Waals surface area (Å²) in [5.41, 5.74) is 0. The van der Waals surface area contributed by atoms with Crippen molar-refractivity contribution in [2.45, 2.75) is 64.5 Å². The van der Waals surface area contributed by atoms with Crippen molar-refractivity contribution in [2.75, 3.05) is 26.2 Å². The molecule has 102 valence electrons. The van der Waals surface area contributed by atoms with Crippen molar-refractivity contribution in [3.63, 3.8) is 0 Å². The molecule has 1 saturated heterocycles. The summed E-state index contributed by atoms with van der Waals surface area (Å²) >= 11 is 0. The molecule has 1 aliphatic rings. The lowest BCUT2D eigenvalue weighted by Crippen LogP contribution is -2.34. The monoisotopic (exact) mass is 242 g/mol. The van der Waals surface area contributed by atoms with Crippen LogP contribution in [0.2, 0.25) is 0 Å². The molecule has 0 spiro atoms. The van der Waals surface area contributed by atoms with Crippen LogP contribution in [-0.2, 0) is 0 Å². The Bertz CT molecular complexity index is 170. The van der Waals surface area contributed by atoms with Crippen LogP contribution in [0.5, 0.6) is 0 Å². The summed E-state index contributed by atoms with van der Waals surface area (Å²) < 4.78 is 0. The standard InChI is InChI=1S/C14H30N2O/c1-2-3-5-9-14(17)15-10-8-13-16-11-6-4-7-12-16/h14-15,17H,2-13H2,1H3. The van der Waals surface area contributed by atoms with Gasteiger partial charge in [0.25, 0.3) is 0 Å². The van der Waals surface area contributed by atoms with Crippen molar-refractivity contribution in [1.82, 2.24) is 10.2 Å². The molecule has 2 N–H and O–H groups in total. The van der Waals surface area contributed by atoms with Gasteiger partial charge in [0.1, 0.15) is 6.23 Å². The Balaban J connectivity index is 1.88. The molecule has 0 radical (unpaired) electrons. The van der Waals surface area contributed by atoms with Gasteiger partial charge in [-0.05, 0) is 58.3 Å². The fourth-order valence-electron chi connectivity index (χ4n) is 2.44. The molecule has 0 aromatic rings. The highest BCUT2D eigenvalue weighted by Gasteiger charge is 2.09. The van der Waals surface area contributed by atoms with E-state index in [2.05, 4.69) is 17.1 Å². The highest BCUT2D eigenvalue weighted by molar-refractivity contribution is 4.65. The molecule has 0 aliphatic carbocycles. The molecule has 1 aliphatic heterocycles. The van der Waals surface area contributed by atoms with Crippen LogP contribution in [0.15, 0.2) is 0 Å². The molecule has 0 aromatic heterocycles. The second kappa shape index (κ2) is 9.86. The lowest BCUT2D eigenvalue weighted by molar-refractivity contribution is 0.122. The topological polar surface area (TPSA) is 35.5 Å². The van der Waals surface area contributed by atoms with E-state index in [0.29, 0.717) is 0 Å². The first-order valence-electron chi connectivity index (χ1n) is 7.46. The highest BCUT2D eigenvalue weighted by Crippen LogP contribution is 2.08. The van der Waals surface area contributed by atoms with Crippen molar-refractivity contribution in [2.24, 2.45) is 0 Å². The summed E-state index contributed by atoms with van der Waals surface area (Å²) in [5, 5.41) is 12.9. The van der Waals surface area contributed by atoms with Crippen molar-refractivity contribution in [3.8, 4) is 0 Å². The first-order chi connectivity index (χ1) is 8.33. The lowest BCUT2D eigenvalue weighted by Gasteiger charge is -2.26. The number of hydrogen-bond acceptors (Lipinski definition) is 3. The van der Waals surface area contributed by atoms with E-state index < -0.39 is 0 Å². The average Bonchev–Trinajstić information content (AvgIpc) is 2.36. The zero-order chi connectivity index (χ0) is 12.3. The van der Waals surface area contributed by atoms with E-state index in [0.717, 1.165) is 25.8 Å². The number of piperidine rings is 1. The molecule has 0 bridgehead atoms. The predicted octanol–water partition coefficient (Wildman–Crippen LogP) is 2.35. The van der Waals surface area contributed by atoms with Crippen molar-refractivity contribution < 1.29 is 5.11 Å². The van der Waals surface area contributed by atoms with Gasteiger partial charge in [-0.15, -0.1) is 0 Å². The predicted molar refractivity (Wildman–Crippen MR) is 73.1 cm³/mol. The number of aliphatic hydroxyl groups excluding tert-OH is 1. The van der Waals surface area contributed by atoms with Gasteiger partial charge >= 0.3 is 0 Å². The molecular formula is C14H30N2O. The number of hydrogen-bond donors (Lipinski definition) is 2. The van der Waals surface area contributed by atoms with Gasteiger partial charge in [-0.3, -0.25) is 5.32 Å². The Kier molecular flexibility index (Phi) is 8.67. The van der Waals surface area contributed by atoms with E-state index in [1.54, 1.807) is 0 Å². The van der Waals surface area contributed by atoms with Crippen LogP contribution in [0.25, 0.3) is 0 Å². The van der Waals surface area contributed by atoms with E-state index in [9.17, 15) is 5.11 Å². The van der Waals surface area contributed by atoms with Gasteiger partial charge in [0, 0.05) is 0 Å². The number of nitrogens with zero attached hydrogens (tertiary/aromatic N) is 1. The molecule has 0 amide bonds. The molecule has 3 nitrogen and oxygen atoms in total. The van der Waals surface area contributed by atoms with Crippen LogP contribution in [0.3, 0.4) is 0 Å². The van der Waals surface area contributed by atoms with E-state index in [4.69, 9.17) is 0 Å². The number of rotatable bonds is 9. The third-order valence-electron chi connectivity index (χ3n) is 3.56. The maximum absolute atomic E-state index is 9.69. The molecular weight excluding hydrogens is 212 g/mol. The average molecular weight is 242 g/mol. The van der Waals surface area contributed by atoms with Crippen LogP contribution < -0.4 is 5.32 Å². The maximum Gasteiger partial charge on any atom is 0.104 e.